The lowest BCUT2D eigenvalue weighted by molar-refractivity contribution is 0.415. The van der Waals surface area contributed by atoms with Crippen LogP contribution in [0, 0.1) is 19.0 Å². The third-order valence-corrected chi connectivity index (χ3v) is 3.69. The Bertz CT molecular complexity index is 1000. The van der Waals surface area contributed by atoms with Crippen LogP contribution in [0.1, 0.15) is 12.7 Å². The van der Waals surface area contributed by atoms with E-state index in [-0.39, 0.29) is 5.43 Å². The zero-order valence-electron chi connectivity index (χ0n) is 13.7. The molecule has 0 unspecified atom stereocenters. The number of hydrogen-bond donors (Lipinski definition) is 0. The second-order valence-electron chi connectivity index (χ2n) is 5.20. The highest BCUT2D eigenvalue weighted by Crippen LogP contribution is 2.27. The van der Waals surface area contributed by atoms with Crippen molar-refractivity contribution in [2.75, 3.05) is 7.11 Å². The summed E-state index contributed by atoms with van der Waals surface area (Å²) in [5.74, 6) is 4.48. The molecular weight excluding hydrogens is 304 g/mol. The molecule has 0 aliphatic carbocycles. The Morgan fingerprint density at radius 3 is 2.42 bits per heavy atom. The van der Waals surface area contributed by atoms with Crippen LogP contribution >= 0.6 is 0 Å². The highest BCUT2D eigenvalue weighted by Gasteiger charge is 2.14. The van der Waals surface area contributed by atoms with E-state index in [0.29, 0.717) is 28.0 Å². The van der Waals surface area contributed by atoms with Gasteiger partial charge in [-0.05, 0) is 36.8 Å². The Morgan fingerprint density at radius 2 is 1.75 bits per heavy atom. The summed E-state index contributed by atoms with van der Waals surface area (Å²) in [6, 6.07) is 12.4. The molecule has 0 amide bonds. The van der Waals surface area contributed by atoms with Crippen molar-refractivity contribution in [3.63, 3.8) is 0 Å². The summed E-state index contributed by atoms with van der Waals surface area (Å²) in [5.41, 5.74) is 1.74. The summed E-state index contributed by atoms with van der Waals surface area (Å²) in [6.07, 6.45) is 2.52. The van der Waals surface area contributed by atoms with Gasteiger partial charge in [0, 0.05) is 13.0 Å². The van der Waals surface area contributed by atoms with Crippen molar-refractivity contribution in [2.24, 2.45) is 0 Å². The first kappa shape index (κ1) is 15.7. The van der Waals surface area contributed by atoms with Crippen LogP contribution in [0.15, 0.2) is 51.7 Å². The Morgan fingerprint density at radius 1 is 1.04 bits per heavy atom. The fourth-order valence-electron chi connectivity index (χ4n) is 2.55. The number of hydrogen-bond acceptors (Lipinski definition) is 4. The van der Waals surface area contributed by atoms with Crippen LogP contribution in [0.4, 0.5) is 0 Å². The van der Waals surface area contributed by atoms with Gasteiger partial charge < -0.3 is 13.9 Å². The van der Waals surface area contributed by atoms with Crippen LogP contribution in [-0.4, -0.2) is 7.11 Å². The van der Waals surface area contributed by atoms with Crippen LogP contribution < -0.4 is 14.9 Å². The second kappa shape index (κ2) is 6.51. The minimum absolute atomic E-state index is 0.0768. The molecule has 0 atom stereocenters. The Balaban J connectivity index is 2.15. The van der Waals surface area contributed by atoms with Gasteiger partial charge in [-0.25, -0.2) is 0 Å². The van der Waals surface area contributed by atoms with E-state index in [1.165, 1.54) is 0 Å². The van der Waals surface area contributed by atoms with Crippen LogP contribution in [0.25, 0.3) is 22.1 Å². The van der Waals surface area contributed by atoms with Gasteiger partial charge in [-0.1, -0.05) is 18.1 Å². The molecule has 0 radical (unpaired) electrons. The summed E-state index contributed by atoms with van der Waals surface area (Å²) in [7, 11) is 1.60. The van der Waals surface area contributed by atoms with E-state index in [1.54, 1.807) is 39.2 Å². The number of ether oxygens (including phenoxy) is 2. The lowest BCUT2D eigenvalue weighted by atomic mass is 10.0. The summed E-state index contributed by atoms with van der Waals surface area (Å²) >= 11 is 0. The number of fused-ring (bicyclic) bond motifs is 1. The quantitative estimate of drug-likeness (QED) is 0.681. The van der Waals surface area contributed by atoms with Gasteiger partial charge in [-0.15, -0.1) is 0 Å². The maximum atomic E-state index is 12.9. The van der Waals surface area contributed by atoms with Crippen molar-refractivity contribution < 1.29 is 13.9 Å². The molecule has 1 aromatic heterocycles. The second-order valence-corrected chi connectivity index (χ2v) is 5.20. The average Bonchev–Trinajstić information content (AvgIpc) is 2.60. The molecule has 0 fully saturated rings. The predicted octanol–water partition coefficient (Wildman–Crippen LogP) is 4.14. The molecule has 0 aliphatic rings. The first-order chi connectivity index (χ1) is 11.6. The van der Waals surface area contributed by atoms with Gasteiger partial charge in [-0.3, -0.25) is 4.79 Å². The number of methoxy groups -OCH3 is 1. The summed E-state index contributed by atoms with van der Waals surface area (Å²) in [4.78, 5) is 12.9. The minimum Gasteiger partial charge on any atom is -0.497 e. The third-order valence-electron chi connectivity index (χ3n) is 3.69. The van der Waals surface area contributed by atoms with E-state index >= 15 is 0 Å². The molecule has 24 heavy (non-hydrogen) atoms. The van der Waals surface area contributed by atoms with Crippen molar-refractivity contribution in [3.8, 4) is 34.7 Å². The molecule has 4 nitrogen and oxygen atoms in total. The summed E-state index contributed by atoms with van der Waals surface area (Å²) < 4.78 is 16.2. The van der Waals surface area contributed by atoms with E-state index in [0.717, 1.165) is 11.3 Å². The van der Waals surface area contributed by atoms with Crippen LogP contribution in [0.2, 0.25) is 0 Å². The SMILES string of the molecule is CC#COc1ccc2c(=O)c(-c3ccc(OC)cc3)c(C)oc2c1. The van der Waals surface area contributed by atoms with Crippen LogP contribution in [0.5, 0.6) is 11.5 Å². The molecule has 0 bridgehead atoms. The lowest BCUT2D eigenvalue weighted by Gasteiger charge is -2.08. The summed E-state index contributed by atoms with van der Waals surface area (Å²) in [6.45, 7) is 3.46. The first-order valence-electron chi connectivity index (χ1n) is 7.44. The van der Waals surface area contributed by atoms with Crippen LogP contribution in [0.3, 0.4) is 0 Å². The molecule has 0 aliphatic heterocycles. The monoisotopic (exact) mass is 320 g/mol. The fourth-order valence-corrected chi connectivity index (χ4v) is 2.55. The lowest BCUT2D eigenvalue weighted by Crippen LogP contribution is -2.07. The molecule has 0 saturated carbocycles. The van der Waals surface area contributed by atoms with Crippen molar-refractivity contribution in [2.45, 2.75) is 13.8 Å². The van der Waals surface area contributed by atoms with Gasteiger partial charge >= 0.3 is 0 Å². The third kappa shape index (κ3) is 2.84. The molecule has 0 saturated heterocycles. The maximum Gasteiger partial charge on any atom is 0.200 e. The van der Waals surface area contributed by atoms with Gasteiger partial charge in [0.2, 0.25) is 5.43 Å². The Hall–Kier alpha value is -3.19. The van der Waals surface area contributed by atoms with Crippen molar-refractivity contribution in [1.29, 1.82) is 0 Å². The van der Waals surface area contributed by atoms with Crippen molar-refractivity contribution in [3.05, 3.63) is 58.4 Å². The molecule has 2 aromatic carbocycles. The number of rotatable bonds is 3. The number of aryl methyl sites for hydroxylation is 1. The zero-order valence-corrected chi connectivity index (χ0v) is 13.7. The van der Waals surface area contributed by atoms with E-state index in [4.69, 9.17) is 13.9 Å². The molecule has 1 heterocycles. The highest BCUT2D eigenvalue weighted by atomic mass is 16.5. The van der Waals surface area contributed by atoms with E-state index in [1.807, 2.05) is 24.3 Å². The van der Waals surface area contributed by atoms with Gasteiger partial charge in [0.05, 0.1) is 18.1 Å². The van der Waals surface area contributed by atoms with Crippen LogP contribution in [-0.2, 0) is 0 Å². The molecule has 4 heteroatoms. The van der Waals surface area contributed by atoms with Gasteiger partial charge in [0.15, 0.2) is 0 Å². The van der Waals surface area contributed by atoms with Crippen molar-refractivity contribution in [1.82, 2.24) is 0 Å². The Kier molecular flexibility index (Phi) is 4.26. The summed E-state index contributed by atoms with van der Waals surface area (Å²) in [5, 5.41) is 0.503. The minimum atomic E-state index is -0.0768. The van der Waals surface area contributed by atoms with E-state index in [9.17, 15) is 4.79 Å². The largest absolute Gasteiger partial charge is 0.497 e. The van der Waals surface area contributed by atoms with Gasteiger partial charge in [0.1, 0.15) is 28.9 Å². The number of benzene rings is 2. The maximum absolute atomic E-state index is 12.9. The smallest absolute Gasteiger partial charge is 0.200 e. The molecule has 0 spiro atoms. The average molecular weight is 320 g/mol. The van der Waals surface area contributed by atoms with E-state index < -0.39 is 0 Å². The Labute approximate surface area is 139 Å². The van der Waals surface area contributed by atoms with Gasteiger partial charge in [-0.2, -0.15) is 0 Å². The van der Waals surface area contributed by atoms with Crippen molar-refractivity contribution >= 4 is 11.0 Å². The van der Waals surface area contributed by atoms with Gasteiger partial charge in [0.25, 0.3) is 0 Å². The first-order valence-corrected chi connectivity index (χ1v) is 7.44. The van der Waals surface area contributed by atoms with E-state index in [2.05, 4.69) is 12.0 Å². The highest BCUT2D eigenvalue weighted by molar-refractivity contribution is 5.83. The predicted molar refractivity (Wildman–Crippen MR) is 93.3 cm³/mol. The molecule has 0 N–H and O–H groups in total. The fraction of sp³-hybridized carbons (Fsp3) is 0.150. The normalized spacial score (nSPS) is 10.1. The molecular formula is C20H16O4. The molecule has 3 rings (SSSR count). The molecule has 120 valence electrons. The zero-order chi connectivity index (χ0) is 17.1. The molecule has 3 aromatic rings. The topological polar surface area (TPSA) is 48.7 Å². The standard InChI is InChI=1S/C20H16O4/c1-4-11-23-16-9-10-17-18(12-16)24-13(2)19(20(17)21)14-5-7-15(22-3)8-6-14/h5-10,12H,1-3H3.